The number of urea groups is 1. The maximum atomic E-state index is 12.0. The number of hydrogen-bond donors (Lipinski definition) is 2. The number of thioether (sulfide) groups is 1. The smallest absolute Gasteiger partial charge is 0.315 e. The van der Waals surface area contributed by atoms with E-state index in [1.54, 1.807) is 0 Å². The summed E-state index contributed by atoms with van der Waals surface area (Å²) in [6.45, 7) is 1.38. The van der Waals surface area contributed by atoms with Crippen molar-refractivity contribution < 1.29 is 9.53 Å². The van der Waals surface area contributed by atoms with Crippen molar-refractivity contribution in [2.45, 2.75) is 36.3 Å². The fraction of sp³-hybridized carbons (Fsp3) is 0.533. The average Bonchev–Trinajstić information content (AvgIpc) is 2.99. The third-order valence-electron chi connectivity index (χ3n) is 3.83. The van der Waals surface area contributed by atoms with E-state index in [1.807, 2.05) is 30.0 Å². The van der Waals surface area contributed by atoms with E-state index < -0.39 is 0 Å². The number of fused-ring (bicyclic) bond motifs is 1. The van der Waals surface area contributed by atoms with Gasteiger partial charge in [0, 0.05) is 28.8 Å². The Labute approximate surface area is 134 Å². The Morgan fingerprint density at radius 1 is 1.43 bits per heavy atom. The van der Waals surface area contributed by atoms with Crippen LogP contribution in [-0.4, -0.2) is 31.0 Å². The Hall–Kier alpha value is -0.910. The molecule has 114 valence electrons. The molecule has 6 heteroatoms. The molecule has 2 atom stereocenters. The number of halogens is 1. The Bertz CT molecular complexity index is 520. The van der Waals surface area contributed by atoms with Gasteiger partial charge in [0.1, 0.15) is 0 Å². The van der Waals surface area contributed by atoms with E-state index in [9.17, 15) is 4.79 Å². The predicted octanol–water partition coefficient (Wildman–Crippen LogP) is 3.36. The molecule has 2 aliphatic rings. The first kappa shape index (κ1) is 15.0. The summed E-state index contributed by atoms with van der Waals surface area (Å²) in [6, 6.07) is 5.78. The Balaban J connectivity index is 1.57. The Kier molecular flexibility index (Phi) is 4.93. The fourth-order valence-electron chi connectivity index (χ4n) is 2.74. The summed E-state index contributed by atoms with van der Waals surface area (Å²) >= 11 is 7.88. The van der Waals surface area contributed by atoms with Crippen LogP contribution in [0.25, 0.3) is 0 Å². The molecule has 1 saturated heterocycles. The van der Waals surface area contributed by atoms with E-state index in [0.717, 1.165) is 37.2 Å². The van der Waals surface area contributed by atoms with Crippen LogP contribution in [0.5, 0.6) is 0 Å². The van der Waals surface area contributed by atoms with Gasteiger partial charge in [0.2, 0.25) is 0 Å². The lowest BCUT2D eigenvalue weighted by Crippen LogP contribution is -2.42. The number of benzene rings is 1. The monoisotopic (exact) mass is 326 g/mol. The molecule has 2 amide bonds. The van der Waals surface area contributed by atoms with E-state index >= 15 is 0 Å². The van der Waals surface area contributed by atoms with Gasteiger partial charge < -0.3 is 15.4 Å². The number of ether oxygens (including phenoxy) is 1. The molecule has 0 unspecified atom stereocenters. The highest BCUT2D eigenvalue weighted by Gasteiger charge is 2.23. The molecule has 21 heavy (non-hydrogen) atoms. The van der Waals surface area contributed by atoms with Crippen molar-refractivity contribution in [3.8, 4) is 0 Å². The van der Waals surface area contributed by atoms with Gasteiger partial charge in [-0.2, -0.15) is 0 Å². The lowest BCUT2D eigenvalue weighted by Gasteiger charge is -2.26. The first-order chi connectivity index (χ1) is 10.2. The number of nitrogens with one attached hydrogen (secondary N) is 2. The maximum Gasteiger partial charge on any atom is 0.315 e. The van der Waals surface area contributed by atoms with Gasteiger partial charge in [0.05, 0.1) is 12.1 Å². The van der Waals surface area contributed by atoms with Crippen molar-refractivity contribution in [2.75, 3.05) is 18.9 Å². The zero-order chi connectivity index (χ0) is 14.7. The highest BCUT2D eigenvalue weighted by molar-refractivity contribution is 7.99. The molecular formula is C15H19ClN2O2S. The first-order valence-electron chi connectivity index (χ1n) is 7.30. The molecule has 1 aromatic carbocycles. The summed E-state index contributed by atoms with van der Waals surface area (Å²) in [7, 11) is 0. The van der Waals surface area contributed by atoms with Crippen molar-refractivity contribution in [1.29, 1.82) is 0 Å². The number of hydrogen-bond acceptors (Lipinski definition) is 3. The molecule has 2 aliphatic heterocycles. The fourth-order valence-corrected chi connectivity index (χ4v) is 4.02. The highest BCUT2D eigenvalue weighted by atomic mass is 35.5. The summed E-state index contributed by atoms with van der Waals surface area (Å²) in [5.74, 6) is 1.01. The zero-order valence-electron chi connectivity index (χ0n) is 11.7. The maximum absolute atomic E-state index is 12.0. The largest absolute Gasteiger partial charge is 0.376 e. The van der Waals surface area contributed by atoms with Crippen LogP contribution in [0.4, 0.5) is 4.79 Å². The molecule has 0 bridgehead atoms. The molecule has 3 rings (SSSR count). The van der Waals surface area contributed by atoms with E-state index in [0.29, 0.717) is 11.6 Å². The SMILES string of the molecule is O=C(NC[C@H]1CCCO1)N[C@H]1CCSc2ccc(Cl)cc21. The van der Waals surface area contributed by atoms with Gasteiger partial charge in [-0.1, -0.05) is 11.6 Å². The van der Waals surface area contributed by atoms with Gasteiger partial charge in [-0.15, -0.1) is 11.8 Å². The predicted molar refractivity (Wildman–Crippen MR) is 85.0 cm³/mol. The number of carbonyl (C=O) groups is 1. The minimum absolute atomic E-state index is 0.0319. The first-order valence-corrected chi connectivity index (χ1v) is 8.67. The van der Waals surface area contributed by atoms with Crippen LogP contribution in [-0.2, 0) is 4.74 Å². The molecule has 2 heterocycles. The van der Waals surface area contributed by atoms with Crippen LogP contribution >= 0.6 is 23.4 Å². The Morgan fingerprint density at radius 2 is 2.33 bits per heavy atom. The molecule has 2 N–H and O–H groups in total. The number of amides is 2. The van der Waals surface area contributed by atoms with Crippen LogP contribution in [0.2, 0.25) is 5.02 Å². The van der Waals surface area contributed by atoms with Crippen molar-refractivity contribution in [1.82, 2.24) is 10.6 Å². The van der Waals surface area contributed by atoms with E-state index in [-0.39, 0.29) is 18.2 Å². The molecule has 0 radical (unpaired) electrons. The van der Waals surface area contributed by atoms with Crippen molar-refractivity contribution >= 4 is 29.4 Å². The summed E-state index contributed by atoms with van der Waals surface area (Å²) in [6.07, 6.45) is 3.20. The number of carbonyl (C=O) groups excluding carboxylic acids is 1. The lowest BCUT2D eigenvalue weighted by atomic mass is 10.0. The van der Waals surface area contributed by atoms with Crippen molar-refractivity contribution in [2.24, 2.45) is 0 Å². The zero-order valence-corrected chi connectivity index (χ0v) is 13.3. The molecule has 0 spiro atoms. The molecule has 0 aromatic heterocycles. The summed E-state index contributed by atoms with van der Waals surface area (Å²) < 4.78 is 5.50. The molecule has 0 saturated carbocycles. The summed E-state index contributed by atoms with van der Waals surface area (Å²) in [5, 5.41) is 6.66. The second-order valence-electron chi connectivity index (χ2n) is 5.36. The summed E-state index contributed by atoms with van der Waals surface area (Å²) in [4.78, 5) is 13.2. The molecule has 4 nitrogen and oxygen atoms in total. The second kappa shape index (κ2) is 6.90. The topological polar surface area (TPSA) is 50.4 Å². The van der Waals surface area contributed by atoms with Gasteiger partial charge in [0.15, 0.2) is 0 Å². The molecule has 1 aromatic rings. The van der Waals surface area contributed by atoms with Crippen LogP contribution in [0.15, 0.2) is 23.1 Å². The third kappa shape index (κ3) is 3.84. The minimum atomic E-state index is -0.131. The van der Waals surface area contributed by atoms with E-state index in [1.165, 1.54) is 4.90 Å². The summed E-state index contributed by atoms with van der Waals surface area (Å²) in [5.41, 5.74) is 1.12. The van der Waals surface area contributed by atoms with Gasteiger partial charge in [-0.3, -0.25) is 0 Å². The van der Waals surface area contributed by atoms with Crippen molar-refractivity contribution in [3.05, 3.63) is 28.8 Å². The average molecular weight is 327 g/mol. The minimum Gasteiger partial charge on any atom is -0.376 e. The molecule has 0 aliphatic carbocycles. The molecular weight excluding hydrogens is 308 g/mol. The van der Waals surface area contributed by atoms with Crippen LogP contribution < -0.4 is 10.6 Å². The molecule has 1 fully saturated rings. The van der Waals surface area contributed by atoms with Gasteiger partial charge in [-0.05, 0) is 43.0 Å². The van der Waals surface area contributed by atoms with Crippen LogP contribution in [0.3, 0.4) is 0 Å². The lowest BCUT2D eigenvalue weighted by molar-refractivity contribution is 0.111. The van der Waals surface area contributed by atoms with E-state index in [2.05, 4.69) is 10.6 Å². The normalized spacial score (nSPS) is 24.4. The van der Waals surface area contributed by atoms with Crippen molar-refractivity contribution in [3.63, 3.8) is 0 Å². The third-order valence-corrected chi connectivity index (χ3v) is 5.19. The van der Waals surface area contributed by atoms with Gasteiger partial charge >= 0.3 is 6.03 Å². The highest BCUT2D eigenvalue weighted by Crippen LogP contribution is 2.37. The standard InChI is InChI=1S/C15H19ClN2O2S/c16-10-3-4-14-12(8-10)13(5-7-21-14)18-15(19)17-9-11-2-1-6-20-11/h3-4,8,11,13H,1-2,5-7,9H2,(H2,17,18,19)/t11-,13+/m1/s1. The quantitative estimate of drug-likeness (QED) is 0.895. The van der Waals surface area contributed by atoms with Gasteiger partial charge in [-0.25, -0.2) is 4.79 Å². The second-order valence-corrected chi connectivity index (χ2v) is 6.93. The van der Waals surface area contributed by atoms with Crippen LogP contribution in [0, 0.1) is 0 Å². The van der Waals surface area contributed by atoms with E-state index in [4.69, 9.17) is 16.3 Å². The number of rotatable bonds is 3. The van der Waals surface area contributed by atoms with Crippen LogP contribution in [0.1, 0.15) is 30.9 Å². The Morgan fingerprint density at radius 3 is 3.14 bits per heavy atom. The van der Waals surface area contributed by atoms with Gasteiger partial charge in [0.25, 0.3) is 0 Å².